The number of carbonyl (C=O) groups is 1. The van der Waals surface area contributed by atoms with Crippen LogP contribution in [0, 0.1) is 0 Å². The average Bonchev–Trinajstić information content (AvgIpc) is 3.01. The number of carbonyl (C=O) groups excluding carboxylic acids is 1. The monoisotopic (exact) mass is 279 g/mol. The van der Waals surface area contributed by atoms with E-state index in [-0.39, 0.29) is 5.76 Å². The van der Waals surface area contributed by atoms with Crippen LogP contribution in [0.5, 0.6) is 0 Å². The second kappa shape index (κ2) is 5.63. The molecule has 1 aromatic heterocycles. The Labute approximate surface area is 122 Å². The van der Waals surface area contributed by atoms with Gasteiger partial charge in [-0.3, -0.25) is 0 Å². The number of rotatable bonds is 3. The van der Waals surface area contributed by atoms with Crippen molar-refractivity contribution in [3.63, 3.8) is 0 Å². The molecule has 0 fully saturated rings. The molecule has 0 bridgehead atoms. The van der Waals surface area contributed by atoms with Gasteiger partial charge in [0.2, 0.25) is 11.7 Å². The molecule has 0 spiro atoms. The third-order valence-corrected chi connectivity index (χ3v) is 3.07. The molecule has 104 valence electrons. The lowest BCUT2D eigenvalue weighted by Crippen LogP contribution is -2.01. The van der Waals surface area contributed by atoms with Gasteiger partial charge in [-0.2, -0.15) is 0 Å². The van der Waals surface area contributed by atoms with Crippen LogP contribution < -0.4 is 0 Å². The fourth-order valence-electron chi connectivity index (χ4n) is 2.05. The molecule has 3 rings (SSSR count). The number of oxazole rings is 1. The van der Waals surface area contributed by atoms with Gasteiger partial charge in [0, 0.05) is 11.1 Å². The molecule has 1 heterocycles. The lowest BCUT2D eigenvalue weighted by molar-refractivity contribution is 0.0567. The van der Waals surface area contributed by atoms with Crippen molar-refractivity contribution >= 4 is 5.97 Å². The largest absolute Gasteiger partial charge is 0.463 e. The predicted octanol–water partition coefficient (Wildman–Crippen LogP) is 3.80. The molecular weight excluding hydrogens is 266 g/mol. The van der Waals surface area contributed by atoms with E-state index in [1.54, 1.807) is 0 Å². The molecule has 4 nitrogen and oxygen atoms in total. The van der Waals surface area contributed by atoms with E-state index in [2.05, 4.69) is 4.98 Å². The lowest BCUT2D eigenvalue weighted by atomic mass is 10.1. The molecule has 0 N–H and O–H groups in total. The van der Waals surface area contributed by atoms with Gasteiger partial charge in [-0.15, -0.1) is 0 Å². The standard InChI is InChI=1S/C17H13NO3/c1-20-17(19)15-14(12-8-4-2-5-9-12)18-16(21-15)13-10-6-3-7-11-13/h2-11H,1H3. The summed E-state index contributed by atoms with van der Waals surface area (Å²) in [5.74, 6) is -0.0269. The fourth-order valence-corrected chi connectivity index (χ4v) is 2.05. The summed E-state index contributed by atoms with van der Waals surface area (Å²) in [7, 11) is 1.32. The van der Waals surface area contributed by atoms with E-state index >= 15 is 0 Å². The minimum atomic E-state index is -0.538. The minimum absolute atomic E-state index is 0.113. The topological polar surface area (TPSA) is 52.3 Å². The van der Waals surface area contributed by atoms with Crippen LogP contribution in [0.15, 0.2) is 65.1 Å². The van der Waals surface area contributed by atoms with Crippen LogP contribution in [0.2, 0.25) is 0 Å². The number of methoxy groups -OCH3 is 1. The molecule has 0 unspecified atom stereocenters. The Morgan fingerprint density at radius 3 is 2.10 bits per heavy atom. The first-order valence-electron chi connectivity index (χ1n) is 6.49. The average molecular weight is 279 g/mol. The van der Waals surface area contributed by atoms with Gasteiger partial charge in [-0.05, 0) is 12.1 Å². The van der Waals surface area contributed by atoms with E-state index in [4.69, 9.17) is 9.15 Å². The maximum Gasteiger partial charge on any atom is 0.376 e. The molecule has 0 aliphatic rings. The third kappa shape index (κ3) is 2.56. The van der Waals surface area contributed by atoms with E-state index in [0.29, 0.717) is 11.6 Å². The molecule has 3 aromatic rings. The van der Waals surface area contributed by atoms with Crippen LogP contribution in [0.4, 0.5) is 0 Å². The molecular formula is C17H13NO3. The lowest BCUT2D eigenvalue weighted by Gasteiger charge is -1.98. The van der Waals surface area contributed by atoms with Gasteiger partial charge in [0.05, 0.1) is 7.11 Å². The van der Waals surface area contributed by atoms with Gasteiger partial charge in [0.15, 0.2) is 0 Å². The van der Waals surface area contributed by atoms with Crippen LogP contribution in [-0.4, -0.2) is 18.1 Å². The van der Waals surface area contributed by atoms with Crippen LogP contribution in [0.25, 0.3) is 22.7 Å². The summed E-state index contributed by atoms with van der Waals surface area (Å²) < 4.78 is 10.4. The molecule has 0 atom stereocenters. The van der Waals surface area contributed by atoms with Crippen molar-refractivity contribution in [3.8, 4) is 22.7 Å². The fraction of sp³-hybridized carbons (Fsp3) is 0.0588. The normalized spacial score (nSPS) is 10.3. The number of hydrogen-bond acceptors (Lipinski definition) is 4. The van der Waals surface area contributed by atoms with Gasteiger partial charge in [-0.1, -0.05) is 48.5 Å². The highest BCUT2D eigenvalue weighted by Gasteiger charge is 2.22. The number of hydrogen-bond donors (Lipinski definition) is 0. The molecule has 0 saturated carbocycles. The summed E-state index contributed by atoms with van der Waals surface area (Å²) in [5.41, 5.74) is 2.11. The van der Waals surface area contributed by atoms with E-state index in [9.17, 15) is 4.79 Å². The van der Waals surface area contributed by atoms with Crippen LogP contribution in [0.1, 0.15) is 10.6 Å². The van der Waals surface area contributed by atoms with Crippen LogP contribution >= 0.6 is 0 Å². The van der Waals surface area contributed by atoms with Gasteiger partial charge in [0.25, 0.3) is 0 Å². The van der Waals surface area contributed by atoms with Crippen molar-refractivity contribution in [2.24, 2.45) is 0 Å². The first kappa shape index (κ1) is 13.1. The summed E-state index contributed by atoms with van der Waals surface area (Å²) in [6.45, 7) is 0. The Morgan fingerprint density at radius 2 is 1.52 bits per heavy atom. The van der Waals surface area contributed by atoms with Crippen molar-refractivity contribution < 1.29 is 13.9 Å². The molecule has 0 saturated heterocycles. The second-order valence-electron chi connectivity index (χ2n) is 4.42. The molecule has 0 amide bonds. The summed E-state index contributed by atoms with van der Waals surface area (Å²) >= 11 is 0. The predicted molar refractivity (Wildman–Crippen MR) is 78.7 cm³/mol. The van der Waals surface area contributed by atoms with Crippen LogP contribution in [0.3, 0.4) is 0 Å². The highest BCUT2D eigenvalue weighted by molar-refractivity contribution is 5.93. The molecule has 0 aliphatic heterocycles. The van der Waals surface area contributed by atoms with Crippen LogP contribution in [-0.2, 0) is 4.74 Å². The van der Waals surface area contributed by atoms with E-state index in [1.807, 2.05) is 60.7 Å². The van der Waals surface area contributed by atoms with Gasteiger partial charge < -0.3 is 9.15 Å². The minimum Gasteiger partial charge on any atom is -0.463 e. The maximum absolute atomic E-state index is 11.9. The first-order valence-corrected chi connectivity index (χ1v) is 6.49. The molecule has 0 radical (unpaired) electrons. The first-order chi connectivity index (χ1) is 10.3. The zero-order valence-corrected chi connectivity index (χ0v) is 11.4. The van der Waals surface area contributed by atoms with E-state index in [1.165, 1.54) is 7.11 Å². The van der Waals surface area contributed by atoms with Gasteiger partial charge >= 0.3 is 5.97 Å². The second-order valence-corrected chi connectivity index (χ2v) is 4.42. The maximum atomic E-state index is 11.9. The summed E-state index contributed by atoms with van der Waals surface area (Å²) in [6.07, 6.45) is 0. The van der Waals surface area contributed by atoms with Gasteiger partial charge in [-0.25, -0.2) is 9.78 Å². The van der Waals surface area contributed by atoms with Crippen molar-refractivity contribution in [2.45, 2.75) is 0 Å². The smallest absolute Gasteiger partial charge is 0.376 e. The molecule has 0 aliphatic carbocycles. The Bertz CT molecular complexity index is 748. The number of nitrogens with zero attached hydrogens (tertiary/aromatic N) is 1. The molecule has 21 heavy (non-hydrogen) atoms. The summed E-state index contributed by atoms with van der Waals surface area (Å²) in [4.78, 5) is 16.3. The van der Waals surface area contributed by atoms with E-state index in [0.717, 1.165) is 11.1 Å². The third-order valence-electron chi connectivity index (χ3n) is 3.07. The Kier molecular flexibility index (Phi) is 3.51. The summed E-state index contributed by atoms with van der Waals surface area (Å²) in [5, 5.41) is 0. The van der Waals surface area contributed by atoms with E-state index < -0.39 is 5.97 Å². The number of aromatic nitrogens is 1. The molecule has 2 aromatic carbocycles. The van der Waals surface area contributed by atoms with Crippen molar-refractivity contribution in [1.29, 1.82) is 0 Å². The summed E-state index contributed by atoms with van der Waals surface area (Å²) in [6, 6.07) is 18.9. The number of benzene rings is 2. The number of ether oxygens (including phenoxy) is 1. The van der Waals surface area contributed by atoms with Gasteiger partial charge in [0.1, 0.15) is 5.69 Å². The zero-order chi connectivity index (χ0) is 14.7. The highest BCUT2D eigenvalue weighted by Crippen LogP contribution is 2.29. The Balaban J connectivity index is 2.14. The van der Waals surface area contributed by atoms with Crippen molar-refractivity contribution in [1.82, 2.24) is 4.98 Å². The molecule has 4 heteroatoms. The van der Waals surface area contributed by atoms with Crippen molar-refractivity contribution in [3.05, 3.63) is 66.4 Å². The Morgan fingerprint density at radius 1 is 0.952 bits per heavy atom. The quantitative estimate of drug-likeness (QED) is 0.684. The number of esters is 1. The highest BCUT2D eigenvalue weighted by atomic mass is 16.5. The SMILES string of the molecule is COC(=O)c1oc(-c2ccccc2)nc1-c1ccccc1. The Hall–Kier alpha value is -2.88. The van der Waals surface area contributed by atoms with Crippen molar-refractivity contribution in [2.75, 3.05) is 7.11 Å². The zero-order valence-electron chi connectivity index (χ0n) is 11.4.